The molecule has 1 aromatic heterocycles. The van der Waals surface area contributed by atoms with Crippen molar-refractivity contribution in [1.82, 2.24) is 9.88 Å². The van der Waals surface area contributed by atoms with E-state index in [0.29, 0.717) is 17.8 Å². The molecule has 1 amide bonds. The maximum absolute atomic E-state index is 13.5. The van der Waals surface area contributed by atoms with Gasteiger partial charge in [0, 0.05) is 50.7 Å². The number of piperazine rings is 1. The summed E-state index contributed by atoms with van der Waals surface area (Å²) < 4.78 is 40.2. The molecule has 2 heterocycles. The van der Waals surface area contributed by atoms with Crippen molar-refractivity contribution in [3.8, 4) is 0 Å². The number of hydrogen-bond acceptors (Lipinski definition) is 4. The molecule has 4 rings (SSSR count). The van der Waals surface area contributed by atoms with Gasteiger partial charge in [0.2, 0.25) is 0 Å². The zero-order chi connectivity index (χ0) is 22.5. The summed E-state index contributed by atoms with van der Waals surface area (Å²) in [6, 6.07) is 12.7. The predicted molar refractivity (Wildman–Crippen MR) is 117 cm³/mol. The molecule has 0 radical (unpaired) electrons. The Morgan fingerprint density at radius 2 is 1.59 bits per heavy atom. The van der Waals surface area contributed by atoms with Crippen molar-refractivity contribution in [2.45, 2.75) is 6.42 Å². The lowest BCUT2D eigenvalue weighted by Gasteiger charge is -2.37. The number of para-hydroxylation sites is 2. The van der Waals surface area contributed by atoms with E-state index < -0.39 is 23.4 Å². The lowest BCUT2D eigenvalue weighted by atomic mass is 10.1. The Labute approximate surface area is 184 Å². The van der Waals surface area contributed by atoms with Gasteiger partial charge in [-0.25, -0.2) is 13.2 Å². The molecular weight excluding hydrogens is 417 g/mol. The van der Waals surface area contributed by atoms with Crippen molar-refractivity contribution in [3.63, 3.8) is 0 Å². The van der Waals surface area contributed by atoms with Crippen LogP contribution in [0.5, 0.6) is 0 Å². The topological polar surface area (TPSA) is 48.5 Å². The normalized spacial score (nSPS) is 14.4. The Morgan fingerprint density at radius 3 is 2.28 bits per heavy atom. The largest absolute Gasteiger partial charge is 0.367 e. The van der Waals surface area contributed by atoms with Crippen LogP contribution in [0.15, 0.2) is 60.9 Å². The lowest BCUT2D eigenvalue weighted by molar-refractivity contribution is 0.102. The maximum Gasteiger partial charge on any atom is 0.255 e. The Morgan fingerprint density at radius 1 is 0.938 bits per heavy atom. The van der Waals surface area contributed by atoms with E-state index in [-0.39, 0.29) is 5.56 Å². The van der Waals surface area contributed by atoms with Gasteiger partial charge in [-0.1, -0.05) is 12.1 Å². The fourth-order valence-electron chi connectivity index (χ4n) is 3.79. The monoisotopic (exact) mass is 440 g/mol. The summed E-state index contributed by atoms with van der Waals surface area (Å²) in [5.41, 5.74) is 2.34. The highest BCUT2D eigenvalue weighted by atomic mass is 19.2. The summed E-state index contributed by atoms with van der Waals surface area (Å²) in [5, 5.41) is 2.70. The first-order chi connectivity index (χ1) is 15.5. The van der Waals surface area contributed by atoms with Crippen molar-refractivity contribution in [2.75, 3.05) is 42.9 Å². The summed E-state index contributed by atoms with van der Waals surface area (Å²) >= 11 is 0. The molecule has 1 N–H and O–H groups in total. The zero-order valence-electron chi connectivity index (χ0n) is 17.4. The highest BCUT2D eigenvalue weighted by Gasteiger charge is 2.21. The lowest BCUT2D eigenvalue weighted by Crippen LogP contribution is -2.47. The molecule has 166 valence electrons. The molecule has 1 fully saturated rings. The SMILES string of the molecule is O=C(Nc1ccccc1N1CCN(CCc2ccncc2)CC1)c1cc(F)c(F)c(F)c1. The van der Waals surface area contributed by atoms with E-state index in [1.807, 2.05) is 24.3 Å². The fraction of sp³-hybridized carbons (Fsp3) is 0.250. The summed E-state index contributed by atoms with van der Waals surface area (Å²) in [4.78, 5) is 21.1. The van der Waals surface area contributed by atoms with Crippen LogP contribution in [0.3, 0.4) is 0 Å². The molecule has 3 aromatic rings. The minimum Gasteiger partial charge on any atom is -0.367 e. The Bertz CT molecular complexity index is 1060. The molecular formula is C24H23F3N4O. The number of nitrogens with one attached hydrogen (secondary N) is 1. The third-order valence-electron chi connectivity index (χ3n) is 5.58. The minimum atomic E-state index is -1.59. The third kappa shape index (κ3) is 5.08. The van der Waals surface area contributed by atoms with Gasteiger partial charge in [0.25, 0.3) is 5.91 Å². The van der Waals surface area contributed by atoms with Crippen molar-refractivity contribution in [2.24, 2.45) is 0 Å². The average molecular weight is 440 g/mol. The van der Waals surface area contributed by atoms with Gasteiger partial charge >= 0.3 is 0 Å². The van der Waals surface area contributed by atoms with Crippen LogP contribution in [0.4, 0.5) is 24.5 Å². The molecule has 0 atom stereocenters. The van der Waals surface area contributed by atoms with Gasteiger partial charge in [-0.15, -0.1) is 0 Å². The van der Waals surface area contributed by atoms with Crippen molar-refractivity contribution < 1.29 is 18.0 Å². The molecule has 5 nitrogen and oxygen atoms in total. The number of benzene rings is 2. The van der Waals surface area contributed by atoms with E-state index in [9.17, 15) is 18.0 Å². The molecule has 0 aliphatic carbocycles. The van der Waals surface area contributed by atoms with Gasteiger partial charge in [0.05, 0.1) is 11.4 Å². The first-order valence-corrected chi connectivity index (χ1v) is 10.4. The molecule has 1 saturated heterocycles. The fourth-order valence-corrected chi connectivity index (χ4v) is 3.79. The van der Waals surface area contributed by atoms with Crippen LogP contribution in [0.25, 0.3) is 0 Å². The number of nitrogens with zero attached hydrogens (tertiary/aromatic N) is 3. The number of halogens is 3. The number of pyridine rings is 1. The van der Waals surface area contributed by atoms with Crippen LogP contribution in [-0.4, -0.2) is 48.5 Å². The van der Waals surface area contributed by atoms with Gasteiger partial charge in [0.15, 0.2) is 17.5 Å². The van der Waals surface area contributed by atoms with Crippen molar-refractivity contribution >= 4 is 17.3 Å². The van der Waals surface area contributed by atoms with E-state index in [1.54, 1.807) is 24.5 Å². The Kier molecular flexibility index (Phi) is 6.70. The highest BCUT2D eigenvalue weighted by molar-refractivity contribution is 6.06. The number of anilines is 2. The molecule has 8 heteroatoms. The van der Waals surface area contributed by atoms with E-state index in [2.05, 4.69) is 20.1 Å². The average Bonchev–Trinajstić information content (AvgIpc) is 2.82. The second-order valence-corrected chi connectivity index (χ2v) is 7.66. The highest BCUT2D eigenvalue weighted by Crippen LogP contribution is 2.27. The van der Waals surface area contributed by atoms with E-state index in [1.165, 1.54) is 5.56 Å². The van der Waals surface area contributed by atoms with Gasteiger partial charge in [-0.3, -0.25) is 14.7 Å². The first-order valence-electron chi connectivity index (χ1n) is 10.4. The Balaban J connectivity index is 1.39. The quantitative estimate of drug-likeness (QED) is 0.586. The van der Waals surface area contributed by atoms with Crippen LogP contribution >= 0.6 is 0 Å². The number of amides is 1. The molecule has 0 spiro atoms. The smallest absolute Gasteiger partial charge is 0.255 e. The summed E-state index contributed by atoms with van der Waals surface area (Å²) in [7, 11) is 0. The second-order valence-electron chi connectivity index (χ2n) is 7.66. The molecule has 0 saturated carbocycles. The van der Waals surface area contributed by atoms with Crippen molar-refractivity contribution in [1.29, 1.82) is 0 Å². The molecule has 0 unspecified atom stereocenters. The summed E-state index contributed by atoms with van der Waals surface area (Å²) in [6.07, 6.45) is 4.56. The third-order valence-corrected chi connectivity index (χ3v) is 5.58. The standard InChI is InChI=1S/C24H23F3N4O/c25-19-15-18(16-20(26)23(19)27)24(32)29-21-3-1-2-4-22(21)31-13-11-30(12-14-31)10-7-17-5-8-28-9-6-17/h1-6,8-9,15-16H,7,10-14H2,(H,29,32). The first kappa shape index (κ1) is 21.8. The second kappa shape index (κ2) is 9.82. The zero-order valence-corrected chi connectivity index (χ0v) is 17.4. The van der Waals surface area contributed by atoms with Gasteiger partial charge in [-0.2, -0.15) is 0 Å². The maximum atomic E-state index is 13.5. The van der Waals surface area contributed by atoms with Crippen LogP contribution in [-0.2, 0) is 6.42 Å². The summed E-state index contributed by atoms with van der Waals surface area (Å²) in [6.45, 7) is 4.27. The van der Waals surface area contributed by atoms with Crippen LogP contribution in [0.1, 0.15) is 15.9 Å². The van der Waals surface area contributed by atoms with E-state index in [0.717, 1.165) is 44.8 Å². The number of carbonyl (C=O) groups excluding carboxylic acids is 1. The molecule has 2 aromatic carbocycles. The van der Waals surface area contributed by atoms with E-state index in [4.69, 9.17) is 0 Å². The molecule has 1 aliphatic rings. The number of aromatic nitrogens is 1. The minimum absolute atomic E-state index is 0.280. The van der Waals surface area contributed by atoms with E-state index >= 15 is 0 Å². The Hall–Kier alpha value is -3.39. The number of hydrogen-bond donors (Lipinski definition) is 1. The van der Waals surface area contributed by atoms with Crippen molar-refractivity contribution in [3.05, 3.63) is 89.5 Å². The summed E-state index contributed by atoms with van der Waals surface area (Å²) in [5.74, 6) is -5.09. The van der Waals surface area contributed by atoms with Gasteiger partial charge in [0.1, 0.15) is 0 Å². The molecule has 32 heavy (non-hydrogen) atoms. The van der Waals surface area contributed by atoms with Gasteiger partial charge in [-0.05, 0) is 48.4 Å². The van der Waals surface area contributed by atoms with Crippen LogP contribution < -0.4 is 10.2 Å². The molecule has 1 aliphatic heterocycles. The van der Waals surface area contributed by atoms with Gasteiger partial charge < -0.3 is 10.2 Å². The number of carbonyl (C=O) groups is 1. The molecule has 0 bridgehead atoms. The van der Waals surface area contributed by atoms with Crippen LogP contribution in [0, 0.1) is 17.5 Å². The predicted octanol–water partition coefficient (Wildman–Crippen LogP) is 4.12. The number of rotatable bonds is 6. The van der Waals surface area contributed by atoms with Crippen LogP contribution in [0.2, 0.25) is 0 Å².